The molecule has 0 saturated heterocycles. The number of carbonyl (C=O) groups is 1. The number of hydrogen-bond donors (Lipinski definition) is 1. The molecule has 21 heavy (non-hydrogen) atoms. The number of anilines is 2. The van der Waals surface area contributed by atoms with Crippen LogP contribution in [-0.2, 0) is 4.74 Å². The minimum atomic E-state index is -0.360. The predicted molar refractivity (Wildman–Crippen MR) is 83.2 cm³/mol. The van der Waals surface area contributed by atoms with Crippen LogP contribution in [0.25, 0.3) is 10.2 Å². The molecule has 0 unspecified atom stereocenters. The number of rotatable bonds is 3. The lowest BCUT2D eigenvalue weighted by Crippen LogP contribution is -2.03. The van der Waals surface area contributed by atoms with Crippen LogP contribution in [0.5, 0.6) is 0 Å². The Morgan fingerprint density at radius 3 is 2.95 bits per heavy atom. The summed E-state index contributed by atoms with van der Waals surface area (Å²) in [5, 5.41) is 6.21. The molecule has 0 aliphatic heterocycles. The number of thiophene rings is 1. The van der Waals surface area contributed by atoms with E-state index in [9.17, 15) is 4.79 Å². The van der Waals surface area contributed by atoms with Crippen molar-refractivity contribution in [3.8, 4) is 0 Å². The van der Waals surface area contributed by atoms with Crippen LogP contribution in [0.2, 0.25) is 0 Å². The maximum atomic E-state index is 11.6. The molecule has 0 bridgehead atoms. The second-order valence-corrected chi connectivity index (χ2v) is 5.40. The number of ether oxygens (including phenoxy) is 1. The van der Waals surface area contributed by atoms with E-state index in [-0.39, 0.29) is 5.97 Å². The van der Waals surface area contributed by atoms with Gasteiger partial charge in [-0.2, -0.15) is 0 Å². The Morgan fingerprint density at radius 1 is 1.29 bits per heavy atom. The van der Waals surface area contributed by atoms with E-state index in [1.165, 1.54) is 13.4 Å². The lowest BCUT2D eigenvalue weighted by molar-refractivity contribution is 0.0601. The van der Waals surface area contributed by atoms with Gasteiger partial charge in [-0.1, -0.05) is 6.07 Å². The van der Waals surface area contributed by atoms with Crippen LogP contribution < -0.4 is 5.32 Å². The normalized spacial score (nSPS) is 10.6. The topological polar surface area (TPSA) is 64.1 Å². The molecule has 0 spiro atoms. The Hall–Kier alpha value is -2.47. The zero-order valence-corrected chi connectivity index (χ0v) is 12.4. The first-order valence-electron chi connectivity index (χ1n) is 6.33. The number of aromatic nitrogens is 2. The molecule has 5 nitrogen and oxygen atoms in total. The number of methoxy groups -OCH3 is 1. The van der Waals surface area contributed by atoms with E-state index in [0.29, 0.717) is 5.56 Å². The van der Waals surface area contributed by atoms with Crippen LogP contribution in [0.15, 0.2) is 36.0 Å². The number of benzene rings is 1. The van der Waals surface area contributed by atoms with Crippen molar-refractivity contribution >= 4 is 39.0 Å². The predicted octanol–water partition coefficient (Wildman–Crippen LogP) is 3.53. The van der Waals surface area contributed by atoms with Crippen molar-refractivity contribution in [1.82, 2.24) is 9.97 Å². The molecule has 0 atom stereocenters. The summed E-state index contributed by atoms with van der Waals surface area (Å²) >= 11 is 1.56. The average molecular weight is 299 g/mol. The average Bonchev–Trinajstić information content (AvgIpc) is 2.98. The Labute approximate surface area is 125 Å². The first-order valence-corrected chi connectivity index (χ1v) is 7.21. The fourth-order valence-corrected chi connectivity index (χ4v) is 2.75. The van der Waals surface area contributed by atoms with Crippen molar-refractivity contribution in [2.24, 2.45) is 0 Å². The maximum absolute atomic E-state index is 11.6. The lowest BCUT2D eigenvalue weighted by Gasteiger charge is -2.11. The number of carbonyl (C=O) groups excluding carboxylic acids is 1. The third-order valence-electron chi connectivity index (χ3n) is 3.17. The fourth-order valence-electron chi connectivity index (χ4n) is 2.02. The first kappa shape index (κ1) is 13.5. The van der Waals surface area contributed by atoms with Gasteiger partial charge in [0.05, 0.1) is 18.1 Å². The van der Waals surface area contributed by atoms with E-state index in [1.807, 2.05) is 24.4 Å². The highest BCUT2D eigenvalue weighted by Gasteiger charge is 2.10. The summed E-state index contributed by atoms with van der Waals surface area (Å²) in [5.74, 6) is 0.368. The monoisotopic (exact) mass is 299 g/mol. The van der Waals surface area contributed by atoms with Gasteiger partial charge in [-0.25, -0.2) is 14.8 Å². The quantitative estimate of drug-likeness (QED) is 0.749. The van der Waals surface area contributed by atoms with Gasteiger partial charge in [-0.15, -0.1) is 11.3 Å². The minimum Gasteiger partial charge on any atom is -0.465 e. The molecule has 2 aromatic heterocycles. The first-order chi connectivity index (χ1) is 10.2. The Kier molecular flexibility index (Phi) is 3.53. The van der Waals surface area contributed by atoms with Crippen molar-refractivity contribution in [2.45, 2.75) is 6.92 Å². The van der Waals surface area contributed by atoms with Crippen molar-refractivity contribution in [2.75, 3.05) is 12.4 Å². The number of nitrogens with zero attached hydrogens (tertiary/aromatic N) is 2. The van der Waals surface area contributed by atoms with Crippen LogP contribution in [0.1, 0.15) is 15.9 Å². The van der Waals surface area contributed by atoms with Gasteiger partial charge in [-0.3, -0.25) is 0 Å². The molecule has 0 radical (unpaired) electrons. The molecule has 0 amide bonds. The summed E-state index contributed by atoms with van der Waals surface area (Å²) in [6, 6.07) is 7.36. The molecule has 3 aromatic rings. The van der Waals surface area contributed by atoms with E-state index >= 15 is 0 Å². The van der Waals surface area contributed by atoms with Gasteiger partial charge in [0.25, 0.3) is 0 Å². The standard InChI is InChI=1S/C15H13N3O2S/c1-9-3-4-10(15(19)20-2)7-12(9)18-13-11-5-6-21-14(11)17-8-16-13/h3-8H,1-2H3,(H,16,17,18). The smallest absolute Gasteiger partial charge is 0.337 e. The van der Waals surface area contributed by atoms with E-state index in [2.05, 4.69) is 15.3 Å². The number of aryl methyl sites for hydroxylation is 1. The van der Waals surface area contributed by atoms with E-state index in [1.54, 1.807) is 23.5 Å². The maximum Gasteiger partial charge on any atom is 0.337 e. The second kappa shape index (κ2) is 5.49. The third kappa shape index (κ3) is 2.57. The second-order valence-electron chi connectivity index (χ2n) is 4.51. The van der Waals surface area contributed by atoms with Gasteiger partial charge >= 0.3 is 5.97 Å². The highest BCUT2D eigenvalue weighted by Crippen LogP contribution is 2.28. The number of hydrogen-bond acceptors (Lipinski definition) is 6. The van der Waals surface area contributed by atoms with Crippen molar-refractivity contribution in [3.63, 3.8) is 0 Å². The molecule has 1 aromatic carbocycles. The van der Waals surface area contributed by atoms with E-state index in [4.69, 9.17) is 4.74 Å². The van der Waals surface area contributed by atoms with Crippen LogP contribution in [0.4, 0.5) is 11.5 Å². The van der Waals surface area contributed by atoms with Crippen LogP contribution in [0.3, 0.4) is 0 Å². The van der Waals surface area contributed by atoms with Gasteiger partial charge in [0.2, 0.25) is 0 Å². The molecule has 0 aliphatic carbocycles. The van der Waals surface area contributed by atoms with Gasteiger partial charge < -0.3 is 10.1 Å². The lowest BCUT2D eigenvalue weighted by atomic mass is 10.1. The molecule has 106 valence electrons. The Bertz CT molecular complexity index is 814. The van der Waals surface area contributed by atoms with Gasteiger partial charge in [-0.05, 0) is 36.1 Å². The zero-order chi connectivity index (χ0) is 14.8. The number of esters is 1. The minimum absolute atomic E-state index is 0.360. The van der Waals surface area contributed by atoms with E-state index in [0.717, 1.165) is 27.3 Å². The van der Waals surface area contributed by atoms with Crippen LogP contribution in [0, 0.1) is 6.92 Å². The van der Waals surface area contributed by atoms with Crippen molar-refractivity contribution in [1.29, 1.82) is 0 Å². The number of nitrogens with one attached hydrogen (secondary N) is 1. The molecule has 1 N–H and O–H groups in total. The molecular formula is C15H13N3O2S. The Balaban J connectivity index is 2.01. The highest BCUT2D eigenvalue weighted by molar-refractivity contribution is 7.16. The van der Waals surface area contributed by atoms with Crippen LogP contribution in [-0.4, -0.2) is 23.0 Å². The molecule has 3 rings (SSSR count). The molecule has 0 saturated carbocycles. The summed E-state index contributed by atoms with van der Waals surface area (Å²) in [4.78, 5) is 21.0. The van der Waals surface area contributed by atoms with Crippen LogP contribution >= 0.6 is 11.3 Å². The Morgan fingerprint density at radius 2 is 2.14 bits per heavy atom. The molecule has 2 heterocycles. The van der Waals surface area contributed by atoms with Gasteiger partial charge in [0, 0.05) is 5.69 Å². The summed E-state index contributed by atoms with van der Waals surface area (Å²) in [6.45, 7) is 1.97. The molecular weight excluding hydrogens is 286 g/mol. The summed E-state index contributed by atoms with van der Waals surface area (Å²) < 4.78 is 4.75. The molecule has 0 fully saturated rings. The van der Waals surface area contributed by atoms with Gasteiger partial charge in [0.1, 0.15) is 17.0 Å². The van der Waals surface area contributed by atoms with Gasteiger partial charge in [0.15, 0.2) is 0 Å². The highest BCUT2D eigenvalue weighted by atomic mass is 32.1. The number of fused-ring (bicyclic) bond motifs is 1. The summed E-state index contributed by atoms with van der Waals surface area (Å²) in [5.41, 5.74) is 2.34. The molecule has 6 heteroatoms. The SMILES string of the molecule is COC(=O)c1ccc(C)c(Nc2ncnc3sccc23)c1. The fraction of sp³-hybridized carbons (Fsp3) is 0.133. The molecule has 0 aliphatic rings. The van der Waals surface area contributed by atoms with Crippen molar-refractivity contribution < 1.29 is 9.53 Å². The third-order valence-corrected chi connectivity index (χ3v) is 3.99. The summed E-state index contributed by atoms with van der Waals surface area (Å²) in [7, 11) is 1.37. The zero-order valence-electron chi connectivity index (χ0n) is 11.6. The van der Waals surface area contributed by atoms with E-state index < -0.39 is 0 Å². The largest absolute Gasteiger partial charge is 0.465 e. The van der Waals surface area contributed by atoms with Crippen molar-refractivity contribution in [3.05, 3.63) is 47.1 Å². The summed E-state index contributed by atoms with van der Waals surface area (Å²) in [6.07, 6.45) is 1.53.